The number of amides is 1. The number of benzene rings is 2. The summed E-state index contributed by atoms with van der Waals surface area (Å²) in [5.74, 6) is 0.509. The van der Waals surface area contributed by atoms with Crippen molar-refractivity contribution in [2.24, 2.45) is 0 Å². The number of nitrogens with one attached hydrogen (secondary N) is 1. The number of hydrogen-bond donors (Lipinski definition) is 1. The van der Waals surface area contributed by atoms with E-state index in [0.717, 1.165) is 27.2 Å². The molecule has 1 amide bonds. The Kier molecular flexibility index (Phi) is 5.19. The van der Waals surface area contributed by atoms with Crippen LogP contribution in [0.1, 0.15) is 21.7 Å². The van der Waals surface area contributed by atoms with E-state index in [9.17, 15) is 4.79 Å². The Morgan fingerprint density at radius 2 is 1.96 bits per heavy atom. The number of ether oxygens (including phenoxy) is 1. The highest BCUT2D eigenvalue weighted by Crippen LogP contribution is 2.22. The highest BCUT2D eigenvalue weighted by Gasteiger charge is 2.14. The van der Waals surface area contributed by atoms with E-state index in [2.05, 4.69) is 26.3 Å². The zero-order valence-electron chi connectivity index (χ0n) is 14.0. The maximum Gasteiger partial charge on any atom is 0.272 e. The second-order valence-electron chi connectivity index (χ2n) is 5.56. The van der Waals surface area contributed by atoms with Gasteiger partial charge in [-0.25, -0.2) is 4.68 Å². The van der Waals surface area contributed by atoms with E-state index in [1.165, 1.54) is 0 Å². The molecule has 0 saturated carbocycles. The summed E-state index contributed by atoms with van der Waals surface area (Å²) in [6.07, 6.45) is 0. The number of halogens is 1. The molecule has 0 bridgehead atoms. The Bertz CT molecular complexity index is 891. The molecule has 0 aliphatic heterocycles. The third-order valence-corrected chi connectivity index (χ3v) is 4.30. The average Bonchev–Trinajstić information content (AvgIpc) is 3.02. The molecule has 0 saturated heterocycles. The third kappa shape index (κ3) is 3.91. The van der Waals surface area contributed by atoms with Gasteiger partial charge in [0.2, 0.25) is 0 Å². The minimum atomic E-state index is -0.222. The fourth-order valence-electron chi connectivity index (χ4n) is 2.57. The van der Waals surface area contributed by atoms with Crippen LogP contribution in [0.2, 0.25) is 0 Å². The highest BCUT2D eigenvalue weighted by atomic mass is 79.9. The van der Waals surface area contributed by atoms with E-state index < -0.39 is 0 Å². The number of rotatable bonds is 5. The lowest BCUT2D eigenvalue weighted by Crippen LogP contribution is -2.23. The summed E-state index contributed by atoms with van der Waals surface area (Å²) in [7, 11) is 1.61. The molecule has 2 aromatic carbocycles. The molecule has 3 rings (SSSR count). The van der Waals surface area contributed by atoms with E-state index in [4.69, 9.17) is 4.74 Å². The molecule has 1 N–H and O–H groups in total. The van der Waals surface area contributed by atoms with Crippen LogP contribution in [0, 0.1) is 6.92 Å². The van der Waals surface area contributed by atoms with Gasteiger partial charge in [-0.1, -0.05) is 34.1 Å². The summed E-state index contributed by atoms with van der Waals surface area (Å²) in [6, 6.07) is 17.2. The van der Waals surface area contributed by atoms with Gasteiger partial charge in [-0.15, -0.1) is 0 Å². The van der Waals surface area contributed by atoms with Gasteiger partial charge in [-0.2, -0.15) is 5.10 Å². The molecule has 0 aliphatic rings. The van der Waals surface area contributed by atoms with Crippen LogP contribution in [0.4, 0.5) is 0 Å². The molecule has 0 fully saturated rings. The summed E-state index contributed by atoms with van der Waals surface area (Å²) < 4.78 is 8.02. The van der Waals surface area contributed by atoms with Crippen LogP contribution >= 0.6 is 15.9 Å². The molecule has 0 spiro atoms. The molecule has 1 aromatic heterocycles. The summed E-state index contributed by atoms with van der Waals surface area (Å²) in [5.41, 5.74) is 3.10. The zero-order chi connectivity index (χ0) is 17.8. The number of nitrogens with zero attached hydrogens (tertiary/aromatic N) is 2. The molecular formula is C19H18BrN3O2. The Morgan fingerprint density at radius 1 is 1.20 bits per heavy atom. The van der Waals surface area contributed by atoms with Gasteiger partial charge in [0.1, 0.15) is 5.75 Å². The summed E-state index contributed by atoms with van der Waals surface area (Å²) >= 11 is 3.43. The maximum absolute atomic E-state index is 12.5. The predicted octanol–water partition coefficient (Wildman–Crippen LogP) is 3.88. The van der Waals surface area contributed by atoms with Gasteiger partial charge < -0.3 is 10.1 Å². The van der Waals surface area contributed by atoms with Crippen LogP contribution in [0.5, 0.6) is 5.75 Å². The minimum absolute atomic E-state index is 0.222. The molecule has 0 radical (unpaired) electrons. The van der Waals surface area contributed by atoms with Crippen molar-refractivity contribution in [2.75, 3.05) is 7.11 Å². The Hall–Kier alpha value is -2.60. The SMILES string of the molecule is COc1ccc(Br)cc1CNC(=O)c1cc(C)n(-c2ccccc2)n1. The number of methoxy groups -OCH3 is 1. The van der Waals surface area contributed by atoms with Gasteiger partial charge in [0.25, 0.3) is 5.91 Å². The Balaban J connectivity index is 1.76. The fourth-order valence-corrected chi connectivity index (χ4v) is 2.98. The molecule has 3 aromatic rings. The molecule has 0 aliphatic carbocycles. The smallest absolute Gasteiger partial charge is 0.272 e. The van der Waals surface area contributed by atoms with Crippen LogP contribution in [-0.2, 0) is 6.54 Å². The van der Waals surface area contributed by atoms with Crippen LogP contribution < -0.4 is 10.1 Å². The van der Waals surface area contributed by atoms with Crippen molar-refractivity contribution < 1.29 is 9.53 Å². The van der Waals surface area contributed by atoms with Crippen molar-refractivity contribution in [3.63, 3.8) is 0 Å². The van der Waals surface area contributed by atoms with E-state index >= 15 is 0 Å². The van der Waals surface area contributed by atoms with E-state index in [0.29, 0.717) is 12.2 Å². The van der Waals surface area contributed by atoms with Gasteiger partial charge in [-0.05, 0) is 43.3 Å². The summed E-state index contributed by atoms with van der Waals surface area (Å²) in [5, 5.41) is 7.31. The number of aromatic nitrogens is 2. The van der Waals surface area contributed by atoms with Crippen molar-refractivity contribution in [3.05, 3.63) is 76.0 Å². The maximum atomic E-state index is 12.5. The number of carbonyl (C=O) groups excluding carboxylic acids is 1. The molecule has 1 heterocycles. The van der Waals surface area contributed by atoms with E-state index in [1.807, 2.05) is 55.5 Å². The molecular weight excluding hydrogens is 382 g/mol. The normalized spacial score (nSPS) is 10.5. The fraction of sp³-hybridized carbons (Fsp3) is 0.158. The van der Waals surface area contributed by atoms with Crippen LogP contribution in [0.25, 0.3) is 5.69 Å². The predicted molar refractivity (Wildman–Crippen MR) is 100 cm³/mol. The monoisotopic (exact) mass is 399 g/mol. The molecule has 5 nitrogen and oxygen atoms in total. The number of para-hydroxylation sites is 1. The molecule has 0 unspecified atom stereocenters. The van der Waals surface area contributed by atoms with Gasteiger partial charge in [0, 0.05) is 22.3 Å². The average molecular weight is 400 g/mol. The number of aryl methyl sites for hydroxylation is 1. The van der Waals surface area contributed by atoms with Crippen molar-refractivity contribution in [3.8, 4) is 11.4 Å². The molecule has 6 heteroatoms. The van der Waals surface area contributed by atoms with E-state index in [-0.39, 0.29) is 5.91 Å². The van der Waals surface area contributed by atoms with E-state index in [1.54, 1.807) is 17.9 Å². The number of carbonyl (C=O) groups is 1. The van der Waals surface area contributed by atoms with Gasteiger partial charge in [-0.3, -0.25) is 4.79 Å². The van der Waals surface area contributed by atoms with Crippen molar-refractivity contribution in [1.29, 1.82) is 0 Å². The first-order valence-electron chi connectivity index (χ1n) is 7.81. The lowest BCUT2D eigenvalue weighted by molar-refractivity contribution is 0.0945. The largest absolute Gasteiger partial charge is 0.496 e. The summed E-state index contributed by atoms with van der Waals surface area (Å²) in [4.78, 5) is 12.5. The second kappa shape index (κ2) is 7.53. The highest BCUT2D eigenvalue weighted by molar-refractivity contribution is 9.10. The minimum Gasteiger partial charge on any atom is -0.496 e. The van der Waals surface area contributed by atoms with Crippen LogP contribution in [0.3, 0.4) is 0 Å². The molecule has 25 heavy (non-hydrogen) atoms. The van der Waals surface area contributed by atoms with Crippen molar-refractivity contribution in [2.45, 2.75) is 13.5 Å². The van der Waals surface area contributed by atoms with Gasteiger partial charge >= 0.3 is 0 Å². The summed E-state index contributed by atoms with van der Waals surface area (Å²) in [6.45, 7) is 2.28. The standard InChI is InChI=1S/C19H18BrN3O2/c1-13-10-17(22-23(13)16-6-4-3-5-7-16)19(24)21-12-14-11-15(20)8-9-18(14)25-2/h3-11H,12H2,1-2H3,(H,21,24). The zero-order valence-corrected chi connectivity index (χ0v) is 15.6. The van der Waals surface area contributed by atoms with Crippen molar-refractivity contribution >= 4 is 21.8 Å². The third-order valence-electron chi connectivity index (χ3n) is 3.80. The van der Waals surface area contributed by atoms with Crippen molar-refractivity contribution in [1.82, 2.24) is 15.1 Å². The first kappa shape index (κ1) is 17.2. The molecule has 128 valence electrons. The molecule has 0 atom stereocenters. The van der Waals surface area contributed by atoms with Crippen LogP contribution in [-0.4, -0.2) is 22.8 Å². The van der Waals surface area contributed by atoms with Crippen LogP contribution in [0.15, 0.2) is 59.1 Å². The topological polar surface area (TPSA) is 56.1 Å². The Morgan fingerprint density at radius 3 is 2.68 bits per heavy atom. The van der Waals surface area contributed by atoms with Gasteiger partial charge in [0.05, 0.1) is 12.8 Å². The lowest BCUT2D eigenvalue weighted by atomic mass is 10.2. The second-order valence-corrected chi connectivity index (χ2v) is 6.47. The number of hydrogen-bond acceptors (Lipinski definition) is 3. The quantitative estimate of drug-likeness (QED) is 0.707. The first-order valence-corrected chi connectivity index (χ1v) is 8.60. The van der Waals surface area contributed by atoms with Gasteiger partial charge in [0.15, 0.2) is 5.69 Å². The Labute approximate surface area is 154 Å². The lowest BCUT2D eigenvalue weighted by Gasteiger charge is -2.09. The first-order chi connectivity index (χ1) is 12.1.